The third kappa shape index (κ3) is 2.89. The molecule has 0 spiro atoms. The number of para-hydroxylation sites is 1. The monoisotopic (exact) mass is 296 g/mol. The van der Waals surface area contributed by atoms with Crippen molar-refractivity contribution in [3.8, 4) is 0 Å². The highest BCUT2D eigenvalue weighted by atomic mass is 32.2. The van der Waals surface area contributed by atoms with Crippen LogP contribution in [-0.4, -0.2) is 22.0 Å². The molecular weight excluding hydrogens is 280 g/mol. The Morgan fingerprint density at radius 2 is 1.86 bits per heavy atom. The Kier molecular flexibility index (Phi) is 4.13. The fourth-order valence-electron chi connectivity index (χ4n) is 2.13. The van der Waals surface area contributed by atoms with Gasteiger partial charge >= 0.3 is 0 Å². The van der Waals surface area contributed by atoms with Gasteiger partial charge in [-0.15, -0.1) is 0 Å². The minimum atomic E-state index is 0.245. The van der Waals surface area contributed by atoms with Gasteiger partial charge in [-0.3, -0.25) is 0 Å². The van der Waals surface area contributed by atoms with Crippen LogP contribution in [0.3, 0.4) is 0 Å². The molecule has 5 heteroatoms. The Balaban J connectivity index is 2.03. The van der Waals surface area contributed by atoms with E-state index in [4.69, 9.17) is 0 Å². The Bertz CT molecular complexity index is 755. The molecule has 0 radical (unpaired) electrons. The van der Waals surface area contributed by atoms with Crippen LogP contribution in [0.25, 0.3) is 10.9 Å². The van der Waals surface area contributed by atoms with Crippen LogP contribution in [0.2, 0.25) is 0 Å². The van der Waals surface area contributed by atoms with E-state index < -0.39 is 0 Å². The number of hydrogen-bond acceptors (Lipinski definition) is 5. The van der Waals surface area contributed by atoms with Gasteiger partial charge in [-0.1, -0.05) is 24.3 Å². The first kappa shape index (κ1) is 14.0. The predicted molar refractivity (Wildman–Crippen MR) is 85.4 cm³/mol. The van der Waals surface area contributed by atoms with E-state index in [1.165, 1.54) is 5.56 Å². The van der Waals surface area contributed by atoms with Gasteiger partial charge in [-0.2, -0.15) is 0 Å². The summed E-state index contributed by atoms with van der Waals surface area (Å²) in [4.78, 5) is 13.2. The molecule has 2 heterocycles. The fourth-order valence-corrected chi connectivity index (χ4v) is 3.17. The summed E-state index contributed by atoms with van der Waals surface area (Å²) in [6.45, 7) is 2.12. The van der Waals surface area contributed by atoms with Gasteiger partial charge in [0.25, 0.3) is 0 Å². The molecular formula is C16H16N4S. The van der Waals surface area contributed by atoms with Crippen molar-refractivity contribution in [1.29, 1.82) is 0 Å². The number of pyridine rings is 1. The van der Waals surface area contributed by atoms with Crippen LogP contribution in [-0.2, 0) is 0 Å². The summed E-state index contributed by atoms with van der Waals surface area (Å²) in [6, 6.07) is 12.3. The molecule has 1 aromatic carbocycles. The molecule has 3 aromatic rings. The van der Waals surface area contributed by atoms with Gasteiger partial charge in [-0.05, 0) is 37.9 Å². The van der Waals surface area contributed by atoms with E-state index in [0.29, 0.717) is 0 Å². The van der Waals surface area contributed by atoms with Crippen LogP contribution < -0.4 is 5.32 Å². The molecule has 4 nitrogen and oxygen atoms in total. The molecule has 0 bridgehead atoms. The SMILES string of the molecule is CNC(C)c1cccnc1Sc1ncnc2ccccc12. The minimum absolute atomic E-state index is 0.245. The van der Waals surface area contributed by atoms with Crippen LogP contribution in [0.4, 0.5) is 0 Å². The Hall–Kier alpha value is -1.98. The third-order valence-corrected chi connectivity index (χ3v) is 4.45. The van der Waals surface area contributed by atoms with Crippen molar-refractivity contribution in [1.82, 2.24) is 20.3 Å². The Morgan fingerprint density at radius 3 is 2.71 bits per heavy atom. The number of nitrogens with one attached hydrogen (secondary N) is 1. The first-order valence-corrected chi connectivity index (χ1v) is 7.61. The smallest absolute Gasteiger partial charge is 0.117 e. The molecule has 3 rings (SSSR count). The molecule has 2 aromatic heterocycles. The summed E-state index contributed by atoms with van der Waals surface area (Å²) in [7, 11) is 1.95. The van der Waals surface area contributed by atoms with Crippen molar-refractivity contribution < 1.29 is 0 Å². The lowest BCUT2D eigenvalue weighted by molar-refractivity contribution is 0.634. The molecule has 0 aliphatic rings. The van der Waals surface area contributed by atoms with Gasteiger partial charge in [-0.25, -0.2) is 15.0 Å². The number of fused-ring (bicyclic) bond motifs is 1. The molecule has 21 heavy (non-hydrogen) atoms. The first-order valence-electron chi connectivity index (χ1n) is 6.79. The summed E-state index contributed by atoms with van der Waals surface area (Å²) in [5, 5.41) is 6.22. The van der Waals surface area contributed by atoms with E-state index in [1.807, 2.05) is 43.6 Å². The van der Waals surface area contributed by atoms with E-state index in [0.717, 1.165) is 21.0 Å². The lowest BCUT2D eigenvalue weighted by atomic mass is 10.1. The maximum Gasteiger partial charge on any atom is 0.117 e. The normalized spacial score (nSPS) is 12.5. The molecule has 0 saturated carbocycles. The molecule has 1 atom stereocenters. The minimum Gasteiger partial charge on any atom is -0.313 e. The van der Waals surface area contributed by atoms with Crippen LogP contribution in [0.15, 0.2) is 59.0 Å². The zero-order valence-corrected chi connectivity index (χ0v) is 12.8. The van der Waals surface area contributed by atoms with Crippen molar-refractivity contribution in [3.05, 3.63) is 54.5 Å². The van der Waals surface area contributed by atoms with Gasteiger partial charge < -0.3 is 5.32 Å². The van der Waals surface area contributed by atoms with Crippen molar-refractivity contribution >= 4 is 22.7 Å². The zero-order valence-electron chi connectivity index (χ0n) is 11.9. The third-order valence-electron chi connectivity index (χ3n) is 3.40. The van der Waals surface area contributed by atoms with E-state index in [1.54, 1.807) is 18.1 Å². The number of benzene rings is 1. The topological polar surface area (TPSA) is 50.7 Å². The van der Waals surface area contributed by atoms with E-state index in [-0.39, 0.29) is 6.04 Å². The van der Waals surface area contributed by atoms with Gasteiger partial charge in [0.05, 0.1) is 5.52 Å². The predicted octanol–water partition coefficient (Wildman–Crippen LogP) is 3.46. The highest BCUT2D eigenvalue weighted by Crippen LogP contribution is 2.33. The average Bonchev–Trinajstić information content (AvgIpc) is 2.55. The molecule has 0 saturated heterocycles. The van der Waals surface area contributed by atoms with Crippen LogP contribution in [0.5, 0.6) is 0 Å². The molecule has 0 fully saturated rings. The molecule has 0 aliphatic heterocycles. The number of hydrogen-bond donors (Lipinski definition) is 1. The maximum atomic E-state index is 4.51. The second-order valence-electron chi connectivity index (χ2n) is 4.71. The first-order chi connectivity index (χ1) is 10.3. The highest BCUT2D eigenvalue weighted by molar-refractivity contribution is 7.99. The zero-order chi connectivity index (χ0) is 14.7. The Labute approximate surface area is 128 Å². The lowest BCUT2D eigenvalue weighted by Crippen LogP contribution is -2.13. The second-order valence-corrected chi connectivity index (χ2v) is 5.68. The average molecular weight is 296 g/mol. The van der Waals surface area contributed by atoms with Gasteiger partial charge in [0.2, 0.25) is 0 Å². The Morgan fingerprint density at radius 1 is 1.00 bits per heavy atom. The summed E-state index contributed by atoms with van der Waals surface area (Å²) in [5.74, 6) is 0. The van der Waals surface area contributed by atoms with Crippen LogP contribution >= 0.6 is 11.8 Å². The van der Waals surface area contributed by atoms with Crippen molar-refractivity contribution in [2.45, 2.75) is 23.0 Å². The molecule has 106 valence electrons. The standard InChI is InChI=1S/C16H16N4S/c1-11(17-2)12-7-5-9-18-15(12)21-16-13-6-3-4-8-14(13)19-10-20-16/h3-11,17H,1-2H3. The molecule has 1 N–H and O–H groups in total. The highest BCUT2D eigenvalue weighted by Gasteiger charge is 2.13. The summed E-state index contributed by atoms with van der Waals surface area (Å²) in [6.07, 6.45) is 3.42. The molecule has 1 unspecified atom stereocenters. The molecule has 0 amide bonds. The van der Waals surface area contributed by atoms with Crippen LogP contribution in [0.1, 0.15) is 18.5 Å². The summed E-state index contributed by atoms with van der Waals surface area (Å²) >= 11 is 1.59. The van der Waals surface area contributed by atoms with E-state index >= 15 is 0 Å². The van der Waals surface area contributed by atoms with Gasteiger partial charge in [0, 0.05) is 23.2 Å². The fraction of sp³-hybridized carbons (Fsp3) is 0.188. The van der Waals surface area contributed by atoms with Crippen molar-refractivity contribution in [2.75, 3.05) is 7.05 Å². The lowest BCUT2D eigenvalue weighted by Gasteiger charge is -2.14. The summed E-state index contributed by atoms with van der Waals surface area (Å²) in [5.41, 5.74) is 2.13. The largest absolute Gasteiger partial charge is 0.313 e. The van der Waals surface area contributed by atoms with Crippen LogP contribution in [0, 0.1) is 0 Å². The molecule has 0 aliphatic carbocycles. The number of nitrogens with zero attached hydrogens (tertiary/aromatic N) is 3. The number of aromatic nitrogens is 3. The van der Waals surface area contributed by atoms with Crippen molar-refractivity contribution in [2.24, 2.45) is 0 Å². The van der Waals surface area contributed by atoms with Gasteiger partial charge in [0.15, 0.2) is 0 Å². The quantitative estimate of drug-likeness (QED) is 0.747. The van der Waals surface area contributed by atoms with Gasteiger partial charge in [0.1, 0.15) is 16.4 Å². The van der Waals surface area contributed by atoms with Crippen molar-refractivity contribution in [3.63, 3.8) is 0 Å². The number of rotatable bonds is 4. The van der Waals surface area contributed by atoms with E-state index in [2.05, 4.69) is 33.3 Å². The maximum absolute atomic E-state index is 4.51. The summed E-state index contributed by atoms with van der Waals surface area (Å²) < 4.78 is 0. The second kappa shape index (κ2) is 6.20. The van der Waals surface area contributed by atoms with E-state index in [9.17, 15) is 0 Å².